The van der Waals surface area contributed by atoms with Crippen LogP contribution in [-0.2, 0) is 9.53 Å². The molecule has 2 aromatic carbocycles. The van der Waals surface area contributed by atoms with Gasteiger partial charge in [0.25, 0.3) is 0 Å². The molecule has 1 heterocycles. The fraction of sp³-hybridized carbons (Fsp3) is 0.235. The van der Waals surface area contributed by atoms with Gasteiger partial charge in [0.15, 0.2) is 0 Å². The van der Waals surface area contributed by atoms with Crippen molar-refractivity contribution in [1.29, 1.82) is 0 Å². The Morgan fingerprint density at radius 1 is 1.14 bits per heavy atom. The molecule has 0 bridgehead atoms. The molecule has 0 aromatic heterocycles. The number of rotatable bonds is 3. The number of hydrogen-bond acceptors (Lipinski definition) is 4. The van der Waals surface area contributed by atoms with E-state index >= 15 is 0 Å². The summed E-state index contributed by atoms with van der Waals surface area (Å²) in [6.45, 7) is 2.14. The van der Waals surface area contributed by atoms with Crippen LogP contribution in [0, 0.1) is 0 Å². The molecule has 0 radical (unpaired) electrons. The highest BCUT2D eigenvalue weighted by atomic mass is 32.2. The molecular formula is C17H17NO2S. The molecule has 21 heavy (non-hydrogen) atoms. The third kappa shape index (κ3) is 2.57. The van der Waals surface area contributed by atoms with Crippen molar-refractivity contribution in [1.82, 2.24) is 0 Å². The molecule has 1 atom stereocenters. The second-order valence-electron chi connectivity index (χ2n) is 4.93. The van der Waals surface area contributed by atoms with Crippen LogP contribution in [0.3, 0.4) is 0 Å². The van der Waals surface area contributed by atoms with Crippen LogP contribution in [0.15, 0.2) is 58.3 Å². The molecule has 4 heteroatoms. The first-order valence-electron chi connectivity index (χ1n) is 7.00. The lowest BCUT2D eigenvalue weighted by molar-refractivity contribution is -0.145. The van der Waals surface area contributed by atoms with Gasteiger partial charge in [0.2, 0.25) is 0 Å². The fourth-order valence-electron chi connectivity index (χ4n) is 2.71. The maximum absolute atomic E-state index is 12.1. The Morgan fingerprint density at radius 3 is 2.19 bits per heavy atom. The quantitative estimate of drug-likeness (QED) is 0.884. The van der Waals surface area contributed by atoms with Gasteiger partial charge in [0, 0.05) is 15.7 Å². The number of carbonyl (C=O) groups excluding carboxylic acids is 1. The normalized spacial score (nSPS) is 15.0. The number of hydrogen-bond donors (Lipinski definition) is 1. The van der Waals surface area contributed by atoms with Gasteiger partial charge in [-0.2, -0.15) is 0 Å². The Labute approximate surface area is 128 Å². The number of fused-ring (bicyclic) bond motifs is 2. The van der Waals surface area contributed by atoms with Crippen molar-refractivity contribution in [2.24, 2.45) is 5.73 Å². The molecule has 1 aliphatic heterocycles. The molecule has 3 rings (SSSR count). The van der Waals surface area contributed by atoms with Gasteiger partial charge in [-0.15, -0.1) is 0 Å². The molecule has 0 fully saturated rings. The van der Waals surface area contributed by atoms with E-state index in [2.05, 4.69) is 12.1 Å². The zero-order chi connectivity index (χ0) is 14.8. The second-order valence-corrected chi connectivity index (χ2v) is 6.02. The summed E-state index contributed by atoms with van der Waals surface area (Å²) in [5.41, 5.74) is 8.42. The van der Waals surface area contributed by atoms with Crippen LogP contribution >= 0.6 is 11.8 Å². The molecule has 1 aliphatic rings. The monoisotopic (exact) mass is 299 g/mol. The van der Waals surface area contributed by atoms with Gasteiger partial charge in [-0.3, -0.25) is 4.79 Å². The minimum atomic E-state index is -0.687. The van der Waals surface area contributed by atoms with Gasteiger partial charge >= 0.3 is 5.97 Å². The molecule has 0 saturated carbocycles. The van der Waals surface area contributed by atoms with Gasteiger partial charge in [0.05, 0.1) is 6.61 Å². The van der Waals surface area contributed by atoms with Crippen LogP contribution in [-0.4, -0.2) is 18.6 Å². The maximum atomic E-state index is 12.1. The summed E-state index contributed by atoms with van der Waals surface area (Å²) in [6.07, 6.45) is 0. The zero-order valence-electron chi connectivity index (χ0n) is 11.8. The van der Waals surface area contributed by atoms with Gasteiger partial charge in [-0.1, -0.05) is 48.2 Å². The van der Waals surface area contributed by atoms with Gasteiger partial charge in [0.1, 0.15) is 6.04 Å². The van der Waals surface area contributed by atoms with Crippen molar-refractivity contribution in [2.45, 2.75) is 28.7 Å². The van der Waals surface area contributed by atoms with E-state index in [1.54, 1.807) is 18.7 Å². The smallest absolute Gasteiger partial charge is 0.323 e. The predicted molar refractivity (Wildman–Crippen MR) is 83.5 cm³/mol. The van der Waals surface area contributed by atoms with Gasteiger partial charge in [-0.05, 0) is 30.2 Å². The minimum Gasteiger partial charge on any atom is -0.465 e. The lowest BCUT2D eigenvalue weighted by atomic mass is 9.85. The highest BCUT2D eigenvalue weighted by molar-refractivity contribution is 7.99. The first-order valence-corrected chi connectivity index (χ1v) is 7.82. The van der Waals surface area contributed by atoms with Crippen LogP contribution in [0.4, 0.5) is 0 Å². The van der Waals surface area contributed by atoms with Crippen LogP contribution in [0.5, 0.6) is 0 Å². The van der Waals surface area contributed by atoms with Crippen LogP contribution in [0.1, 0.15) is 24.0 Å². The van der Waals surface area contributed by atoms with E-state index in [0.29, 0.717) is 6.61 Å². The number of carbonyl (C=O) groups is 1. The second kappa shape index (κ2) is 5.92. The Balaban J connectivity index is 2.08. The first kappa shape index (κ1) is 14.2. The third-order valence-electron chi connectivity index (χ3n) is 3.65. The van der Waals surface area contributed by atoms with E-state index in [0.717, 1.165) is 20.9 Å². The average Bonchev–Trinajstić information content (AvgIpc) is 2.52. The molecule has 1 unspecified atom stereocenters. The van der Waals surface area contributed by atoms with Gasteiger partial charge in [-0.25, -0.2) is 0 Å². The summed E-state index contributed by atoms with van der Waals surface area (Å²) >= 11 is 1.72. The predicted octanol–water partition coefficient (Wildman–Crippen LogP) is 3.17. The van der Waals surface area contributed by atoms with Crippen molar-refractivity contribution < 1.29 is 9.53 Å². The Hall–Kier alpha value is -1.78. The molecule has 0 spiro atoms. The SMILES string of the molecule is CCOC(=O)C(N)C1c2ccccc2Sc2ccccc21. The van der Waals surface area contributed by atoms with Crippen molar-refractivity contribution in [2.75, 3.05) is 6.61 Å². The largest absolute Gasteiger partial charge is 0.465 e. The lowest BCUT2D eigenvalue weighted by Crippen LogP contribution is -2.39. The van der Waals surface area contributed by atoms with Crippen LogP contribution in [0.2, 0.25) is 0 Å². The highest BCUT2D eigenvalue weighted by Gasteiger charge is 2.34. The molecule has 0 aliphatic carbocycles. The van der Waals surface area contributed by atoms with E-state index in [4.69, 9.17) is 10.5 Å². The number of esters is 1. The molecule has 2 aromatic rings. The molecule has 108 valence electrons. The molecular weight excluding hydrogens is 282 g/mol. The highest BCUT2D eigenvalue weighted by Crippen LogP contribution is 2.46. The Kier molecular flexibility index (Phi) is 3.99. The third-order valence-corrected chi connectivity index (χ3v) is 4.83. The van der Waals surface area contributed by atoms with Crippen molar-refractivity contribution in [3.05, 3.63) is 59.7 Å². The van der Waals surface area contributed by atoms with E-state index in [9.17, 15) is 4.79 Å². The van der Waals surface area contributed by atoms with E-state index < -0.39 is 6.04 Å². The summed E-state index contributed by atoms with van der Waals surface area (Å²) < 4.78 is 5.12. The minimum absolute atomic E-state index is 0.155. The standard InChI is InChI=1S/C17H17NO2S/c1-2-20-17(19)16(18)15-11-7-3-5-9-13(11)21-14-10-6-4-8-12(14)15/h3-10,15-16H,2,18H2,1H3. The lowest BCUT2D eigenvalue weighted by Gasteiger charge is -2.30. The molecule has 0 saturated heterocycles. The Bertz CT molecular complexity index is 626. The van der Waals surface area contributed by atoms with Crippen LogP contribution < -0.4 is 5.73 Å². The van der Waals surface area contributed by atoms with Crippen LogP contribution in [0.25, 0.3) is 0 Å². The Morgan fingerprint density at radius 2 is 1.67 bits per heavy atom. The molecule has 0 amide bonds. The average molecular weight is 299 g/mol. The fourth-order valence-corrected chi connectivity index (χ4v) is 3.86. The number of nitrogens with two attached hydrogens (primary N) is 1. The van der Waals surface area contributed by atoms with Gasteiger partial charge < -0.3 is 10.5 Å². The van der Waals surface area contributed by atoms with Crippen molar-refractivity contribution in [3.8, 4) is 0 Å². The number of benzene rings is 2. The first-order chi connectivity index (χ1) is 10.2. The topological polar surface area (TPSA) is 52.3 Å². The molecule has 3 nitrogen and oxygen atoms in total. The maximum Gasteiger partial charge on any atom is 0.323 e. The van der Waals surface area contributed by atoms with E-state index in [1.807, 2.05) is 36.4 Å². The van der Waals surface area contributed by atoms with Crippen molar-refractivity contribution >= 4 is 17.7 Å². The molecule has 2 N–H and O–H groups in total. The summed E-state index contributed by atoms with van der Waals surface area (Å²) in [5, 5.41) is 0. The van der Waals surface area contributed by atoms with E-state index in [-0.39, 0.29) is 11.9 Å². The van der Waals surface area contributed by atoms with E-state index in [1.165, 1.54) is 0 Å². The summed E-state index contributed by atoms with van der Waals surface area (Å²) in [5.74, 6) is -0.503. The number of ether oxygens (including phenoxy) is 1. The summed E-state index contributed by atoms with van der Waals surface area (Å²) in [7, 11) is 0. The zero-order valence-corrected chi connectivity index (χ0v) is 12.6. The van der Waals surface area contributed by atoms with Crippen molar-refractivity contribution in [3.63, 3.8) is 0 Å². The summed E-state index contributed by atoms with van der Waals surface area (Å²) in [4.78, 5) is 14.4. The summed E-state index contributed by atoms with van der Waals surface area (Å²) in [6, 6.07) is 15.5.